The van der Waals surface area contributed by atoms with Crippen LogP contribution in [0.1, 0.15) is 68.2 Å². The summed E-state index contributed by atoms with van der Waals surface area (Å²) in [4.78, 5) is 35.2. The molecule has 0 amide bonds. The van der Waals surface area contributed by atoms with E-state index in [9.17, 15) is 19.5 Å². The largest absolute Gasteiger partial charge is 0.478 e. The zero-order valence-electron chi connectivity index (χ0n) is 24.2. The molecule has 0 bridgehead atoms. The first-order valence-corrected chi connectivity index (χ1v) is 13.4. The van der Waals surface area contributed by atoms with Crippen LogP contribution in [0, 0.1) is 29.6 Å². The molecule has 0 saturated heterocycles. The van der Waals surface area contributed by atoms with E-state index in [1.54, 1.807) is 13.8 Å². The molecule has 0 aromatic heterocycles. The number of hydrogen-bond donors (Lipinski definition) is 2. The lowest BCUT2D eigenvalue weighted by atomic mass is 9.83. The first kappa shape index (κ1) is 33.0. The maximum absolute atomic E-state index is 12.9. The Bertz CT molecular complexity index is 1010. The van der Waals surface area contributed by atoms with Gasteiger partial charge in [0.25, 0.3) is 0 Å². The molecule has 1 rings (SSSR count). The quantitative estimate of drug-likeness (QED) is 0.154. The Balaban J connectivity index is 2.63. The van der Waals surface area contributed by atoms with Crippen molar-refractivity contribution >= 4 is 17.7 Å². The molecule has 1 aliphatic rings. The fourth-order valence-electron chi connectivity index (χ4n) is 4.63. The Morgan fingerprint density at radius 1 is 1.05 bits per heavy atom. The number of cyclic esters (lactones) is 1. The third-order valence-corrected chi connectivity index (χ3v) is 6.81. The lowest BCUT2D eigenvalue weighted by Crippen LogP contribution is -2.34. The number of carbonyl (C=O) groups is 3. The molecule has 0 unspecified atom stereocenters. The van der Waals surface area contributed by atoms with E-state index in [0.717, 1.165) is 23.6 Å². The van der Waals surface area contributed by atoms with Crippen LogP contribution in [-0.2, 0) is 19.1 Å². The van der Waals surface area contributed by atoms with Gasteiger partial charge in [0.05, 0.1) is 6.10 Å². The van der Waals surface area contributed by atoms with Crippen LogP contribution in [0.15, 0.2) is 71.4 Å². The Morgan fingerprint density at radius 2 is 1.68 bits per heavy atom. The van der Waals surface area contributed by atoms with E-state index < -0.39 is 18.0 Å². The molecule has 6 heteroatoms. The smallest absolute Gasteiger partial charge is 0.331 e. The highest BCUT2D eigenvalue weighted by molar-refractivity contribution is 5.85. The number of esters is 1. The molecule has 0 aromatic rings. The van der Waals surface area contributed by atoms with Crippen molar-refractivity contribution in [3.05, 3.63) is 71.4 Å². The van der Waals surface area contributed by atoms with Gasteiger partial charge in [0.2, 0.25) is 0 Å². The number of hydrogen-bond acceptors (Lipinski definition) is 5. The van der Waals surface area contributed by atoms with Crippen molar-refractivity contribution in [1.29, 1.82) is 0 Å². The van der Waals surface area contributed by atoms with E-state index in [4.69, 9.17) is 9.84 Å². The van der Waals surface area contributed by atoms with Crippen molar-refractivity contribution < 1.29 is 29.3 Å². The summed E-state index contributed by atoms with van der Waals surface area (Å²) in [5, 5.41) is 19.5. The lowest BCUT2D eigenvalue weighted by molar-refractivity contribution is -0.143. The third kappa shape index (κ3) is 12.0. The number of Topliss-reactive ketones (excluding diaryl/α,β-unsaturated/α-hetero) is 1. The monoisotopic (exact) mass is 526 g/mol. The van der Waals surface area contributed by atoms with Gasteiger partial charge in [0.15, 0.2) is 0 Å². The summed E-state index contributed by atoms with van der Waals surface area (Å²) in [5.74, 6) is -2.02. The Hall–Kier alpha value is -2.99. The summed E-state index contributed by atoms with van der Waals surface area (Å²) in [7, 11) is 0. The zero-order valence-corrected chi connectivity index (χ0v) is 24.2. The van der Waals surface area contributed by atoms with Crippen molar-refractivity contribution in [1.82, 2.24) is 0 Å². The Labute approximate surface area is 228 Å². The zero-order chi connectivity index (χ0) is 29.0. The second-order valence-electron chi connectivity index (χ2n) is 10.9. The van der Waals surface area contributed by atoms with Gasteiger partial charge in [-0.2, -0.15) is 0 Å². The number of carboxylic acids is 1. The van der Waals surface area contributed by atoms with Crippen LogP contribution in [0.3, 0.4) is 0 Å². The second kappa shape index (κ2) is 16.1. The summed E-state index contributed by atoms with van der Waals surface area (Å²) < 4.78 is 5.34. The fourth-order valence-corrected chi connectivity index (χ4v) is 4.63. The predicted molar refractivity (Wildman–Crippen MR) is 152 cm³/mol. The first-order valence-electron chi connectivity index (χ1n) is 13.4. The van der Waals surface area contributed by atoms with E-state index in [0.29, 0.717) is 17.9 Å². The van der Waals surface area contributed by atoms with Gasteiger partial charge in [-0.05, 0) is 51.5 Å². The SMILES string of the molecule is CC(=C/[C@@H](C)C/C=C/C(C)=C/[C@H](C)C(=O)[C@H](C)[C@@H](O)[C@H](C)C/C(C)=C/C(=O)O)/C=C/[C@H]1OC(=O)C=C[C@H]1C. The van der Waals surface area contributed by atoms with E-state index in [2.05, 4.69) is 19.1 Å². The van der Waals surface area contributed by atoms with E-state index >= 15 is 0 Å². The molecule has 38 heavy (non-hydrogen) atoms. The third-order valence-electron chi connectivity index (χ3n) is 6.81. The van der Waals surface area contributed by atoms with Gasteiger partial charge in [-0.1, -0.05) is 87.8 Å². The normalized spacial score (nSPS) is 23.3. The molecule has 210 valence electrons. The van der Waals surface area contributed by atoms with E-state index in [-0.39, 0.29) is 35.6 Å². The molecule has 0 radical (unpaired) electrons. The van der Waals surface area contributed by atoms with Gasteiger partial charge in [-0.25, -0.2) is 9.59 Å². The topological polar surface area (TPSA) is 101 Å². The van der Waals surface area contributed by atoms with Crippen LogP contribution < -0.4 is 0 Å². The van der Waals surface area contributed by atoms with Gasteiger partial charge >= 0.3 is 11.9 Å². The number of ketones is 1. The van der Waals surface area contributed by atoms with Crippen molar-refractivity contribution in [2.75, 3.05) is 0 Å². The molecule has 0 aliphatic carbocycles. The molecule has 0 fully saturated rings. The average molecular weight is 527 g/mol. The summed E-state index contributed by atoms with van der Waals surface area (Å²) >= 11 is 0. The van der Waals surface area contributed by atoms with Crippen LogP contribution in [-0.4, -0.2) is 40.1 Å². The molecule has 0 spiro atoms. The second-order valence-corrected chi connectivity index (χ2v) is 10.9. The summed E-state index contributed by atoms with van der Waals surface area (Å²) in [6.07, 6.45) is 16.8. The Morgan fingerprint density at radius 3 is 2.32 bits per heavy atom. The Kier molecular flexibility index (Phi) is 14.0. The number of carbonyl (C=O) groups excluding carboxylic acids is 2. The summed E-state index contributed by atoms with van der Waals surface area (Å²) in [6, 6.07) is 0. The van der Waals surface area contributed by atoms with Gasteiger partial charge in [-0.15, -0.1) is 0 Å². The van der Waals surface area contributed by atoms with Gasteiger partial charge < -0.3 is 14.9 Å². The first-order chi connectivity index (χ1) is 17.7. The van der Waals surface area contributed by atoms with Crippen molar-refractivity contribution in [2.24, 2.45) is 29.6 Å². The van der Waals surface area contributed by atoms with Gasteiger partial charge in [0.1, 0.15) is 11.9 Å². The molecule has 1 heterocycles. The number of ether oxygens (including phenoxy) is 1. The number of aliphatic carboxylic acids is 1. The maximum Gasteiger partial charge on any atom is 0.331 e. The number of aliphatic hydroxyl groups excluding tert-OH is 1. The minimum absolute atomic E-state index is 0.0378. The number of carboxylic acid groups (broad SMARTS) is 1. The van der Waals surface area contributed by atoms with Crippen LogP contribution in [0.2, 0.25) is 0 Å². The number of rotatable bonds is 14. The van der Waals surface area contributed by atoms with Crippen LogP contribution in [0.4, 0.5) is 0 Å². The van der Waals surface area contributed by atoms with Crippen LogP contribution >= 0.6 is 0 Å². The van der Waals surface area contributed by atoms with Crippen molar-refractivity contribution in [3.63, 3.8) is 0 Å². The lowest BCUT2D eigenvalue weighted by Gasteiger charge is -2.25. The number of allylic oxidation sites excluding steroid dienone is 8. The van der Waals surface area contributed by atoms with E-state index in [1.807, 2.05) is 65.0 Å². The average Bonchev–Trinajstić information content (AvgIpc) is 2.82. The minimum Gasteiger partial charge on any atom is -0.478 e. The summed E-state index contributed by atoms with van der Waals surface area (Å²) in [6.45, 7) is 15.3. The van der Waals surface area contributed by atoms with Crippen LogP contribution in [0.25, 0.3) is 0 Å². The fraction of sp³-hybridized carbons (Fsp3) is 0.531. The highest BCUT2D eigenvalue weighted by Crippen LogP contribution is 2.24. The predicted octanol–water partition coefficient (Wildman–Crippen LogP) is 6.39. The molecule has 6 nitrogen and oxygen atoms in total. The molecular formula is C32H46O6. The molecule has 1 aliphatic heterocycles. The maximum atomic E-state index is 12.9. The number of aliphatic hydroxyl groups is 1. The van der Waals surface area contributed by atoms with Gasteiger partial charge in [-0.3, -0.25) is 4.79 Å². The summed E-state index contributed by atoms with van der Waals surface area (Å²) in [5.41, 5.74) is 2.75. The van der Waals surface area contributed by atoms with Gasteiger partial charge in [0, 0.05) is 29.9 Å². The molecule has 2 N–H and O–H groups in total. The van der Waals surface area contributed by atoms with Crippen molar-refractivity contribution in [3.8, 4) is 0 Å². The highest BCUT2D eigenvalue weighted by Gasteiger charge is 2.29. The van der Waals surface area contributed by atoms with E-state index in [1.165, 1.54) is 6.08 Å². The molecule has 0 aromatic carbocycles. The molecule has 0 saturated carbocycles. The van der Waals surface area contributed by atoms with Crippen LogP contribution in [0.5, 0.6) is 0 Å². The molecular weight excluding hydrogens is 480 g/mol. The minimum atomic E-state index is -1.01. The standard InChI is InChI=1S/C32H46O6/c1-20(16-22(3)12-14-28-24(5)13-15-30(35)38-28)10-9-11-21(2)17-25(6)31(36)27(8)32(37)26(7)18-23(4)19-29(33)34/h9,11-17,19-20,24-28,32,37H,10,18H2,1-8H3,(H,33,34)/b11-9+,14-12+,21-17+,22-16-,23-19+/t20-,24+,25-,26+,27-,28+,32-/m0/s1. The molecule has 7 atom stereocenters. The van der Waals surface area contributed by atoms with Crippen molar-refractivity contribution in [2.45, 2.75) is 80.4 Å². The highest BCUT2D eigenvalue weighted by atomic mass is 16.5.